The van der Waals surface area contributed by atoms with E-state index in [9.17, 15) is 19.2 Å². The Hall–Kier alpha value is -4.34. The molecule has 216 valence electrons. The summed E-state index contributed by atoms with van der Waals surface area (Å²) in [5, 5.41) is 0. The molecule has 2 aliphatic heterocycles. The molecule has 2 aliphatic rings. The molecule has 0 spiro atoms. The van der Waals surface area contributed by atoms with Gasteiger partial charge < -0.3 is 14.4 Å². The number of fused-ring (bicyclic) bond motifs is 1. The highest BCUT2D eigenvalue weighted by Gasteiger charge is 2.37. The van der Waals surface area contributed by atoms with Crippen molar-refractivity contribution in [3.05, 3.63) is 70.2 Å². The van der Waals surface area contributed by atoms with Crippen LogP contribution >= 0.6 is 0 Å². The molecule has 3 aromatic rings. The second-order valence-corrected chi connectivity index (χ2v) is 11.5. The molecule has 3 heterocycles. The number of benzene rings is 2. The number of carbonyl (C=O) groups excluding carboxylic acids is 3. The lowest BCUT2D eigenvalue weighted by molar-refractivity contribution is -0.151. The fraction of sp³-hybridized carbons (Fsp3) is 0.419. The zero-order chi connectivity index (χ0) is 29.5. The third-order valence-corrected chi connectivity index (χ3v) is 7.60. The molecule has 3 amide bonds. The van der Waals surface area contributed by atoms with Gasteiger partial charge in [-0.1, -0.05) is 30.3 Å². The van der Waals surface area contributed by atoms with Crippen LogP contribution in [0.5, 0.6) is 5.75 Å². The number of imidazole rings is 1. The van der Waals surface area contributed by atoms with E-state index in [0.717, 1.165) is 22.2 Å². The van der Waals surface area contributed by atoms with Crippen LogP contribution in [-0.4, -0.2) is 62.6 Å². The molecular formula is C31H36N4O6. The molecule has 1 saturated heterocycles. The first-order valence-electron chi connectivity index (χ1n) is 13.8. The van der Waals surface area contributed by atoms with Crippen LogP contribution in [0.4, 0.5) is 4.79 Å². The van der Waals surface area contributed by atoms with Crippen molar-refractivity contribution in [3.8, 4) is 5.75 Å². The Balaban J connectivity index is 1.45. The number of hydrogen-bond acceptors (Lipinski definition) is 6. The van der Waals surface area contributed by atoms with E-state index in [4.69, 9.17) is 9.47 Å². The number of para-hydroxylation sites is 1. The highest BCUT2D eigenvalue weighted by atomic mass is 16.6. The van der Waals surface area contributed by atoms with Gasteiger partial charge in [0.05, 0.1) is 24.7 Å². The summed E-state index contributed by atoms with van der Waals surface area (Å²) in [5.74, 6) is 0.0477. The van der Waals surface area contributed by atoms with E-state index in [1.165, 1.54) is 9.47 Å². The van der Waals surface area contributed by atoms with E-state index < -0.39 is 11.6 Å². The van der Waals surface area contributed by atoms with E-state index >= 15 is 0 Å². The zero-order valence-corrected chi connectivity index (χ0v) is 24.2. The predicted octanol–water partition coefficient (Wildman–Crippen LogP) is 4.26. The molecule has 0 aliphatic carbocycles. The molecule has 2 aromatic carbocycles. The van der Waals surface area contributed by atoms with Crippen molar-refractivity contribution in [2.24, 2.45) is 7.05 Å². The van der Waals surface area contributed by atoms with Gasteiger partial charge in [-0.15, -0.1) is 0 Å². The van der Waals surface area contributed by atoms with Crippen LogP contribution in [0.1, 0.15) is 57.2 Å². The first-order valence-corrected chi connectivity index (χ1v) is 13.8. The maximum absolute atomic E-state index is 13.7. The minimum atomic E-state index is -0.791. The topological polar surface area (TPSA) is 103 Å². The summed E-state index contributed by atoms with van der Waals surface area (Å²) in [6, 6.07) is 12.1. The molecule has 1 atom stereocenters. The Morgan fingerprint density at radius 1 is 1.02 bits per heavy atom. The molecule has 10 heteroatoms. The standard InChI is InChI=1S/C31H36N4O6/c1-31(2,3)41-30(39)33-17-15-21(16-18-33)23-7-6-8-24-27(23)32(4)29(38)35(24)25-13-14-26(36)34(28(25)37)19-20-9-11-22(40-5)12-10-20/h6-12,15,25H,13-14,16-19H2,1-5H3. The molecule has 0 saturated carbocycles. The quantitative estimate of drug-likeness (QED) is 0.432. The number of imide groups is 1. The van der Waals surface area contributed by atoms with Crippen LogP contribution in [0, 0.1) is 0 Å². The predicted molar refractivity (Wildman–Crippen MR) is 154 cm³/mol. The van der Waals surface area contributed by atoms with Crippen LogP contribution < -0.4 is 10.4 Å². The van der Waals surface area contributed by atoms with Crippen molar-refractivity contribution >= 4 is 34.5 Å². The van der Waals surface area contributed by atoms with Crippen molar-refractivity contribution in [2.45, 2.75) is 58.2 Å². The molecule has 0 bridgehead atoms. The van der Waals surface area contributed by atoms with Gasteiger partial charge in [0.2, 0.25) is 5.91 Å². The van der Waals surface area contributed by atoms with Crippen LogP contribution in [-0.2, 0) is 27.9 Å². The fourth-order valence-electron chi connectivity index (χ4n) is 5.55. The third-order valence-electron chi connectivity index (χ3n) is 7.60. The van der Waals surface area contributed by atoms with Crippen LogP contribution in [0.2, 0.25) is 0 Å². The number of hydrogen-bond donors (Lipinski definition) is 0. The summed E-state index contributed by atoms with van der Waals surface area (Å²) in [6.45, 7) is 6.55. The van der Waals surface area contributed by atoms with E-state index in [0.29, 0.717) is 30.8 Å². The molecule has 1 fully saturated rings. The highest BCUT2D eigenvalue weighted by molar-refractivity contribution is 6.00. The lowest BCUT2D eigenvalue weighted by Gasteiger charge is -2.31. The second kappa shape index (κ2) is 10.9. The monoisotopic (exact) mass is 560 g/mol. The van der Waals surface area contributed by atoms with Gasteiger partial charge in [0, 0.05) is 32.1 Å². The van der Waals surface area contributed by atoms with E-state index in [1.807, 2.05) is 57.2 Å². The number of ether oxygens (including phenoxy) is 2. The number of aromatic nitrogens is 2. The summed E-state index contributed by atoms with van der Waals surface area (Å²) in [6.07, 6.45) is 2.66. The van der Waals surface area contributed by atoms with Gasteiger partial charge in [-0.3, -0.25) is 23.6 Å². The molecule has 10 nitrogen and oxygen atoms in total. The van der Waals surface area contributed by atoms with Crippen molar-refractivity contribution in [1.82, 2.24) is 18.9 Å². The number of amides is 3. The molecule has 41 heavy (non-hydrogen) atoms. The van der Waals surface area contributed by atoms with Gasteiger partial charge in [-0.25, -0.2) is 9.59 Å². The maximum Gasteiger partial charge on any atom is 0.410 e. The van der Waals surface area contributed by atoms with Gasteiger partial charge >= 0.3 is 11.8 Å². The first kappa shape index (κ1) is 28.2. The average Bonchev–Trinajstić information content (AvgIpc) is 3.20. The SMILES string of the molecule is COc1ccc(CN2C(=O)CCC(n3c(=O)n(C)c4c(C5=CCN(C(=O)OC(C)(C)C)CC5)cccc43)C2=O)cc1. The van der Waals surface area contributed by atoms with Gasteiger partial charge in [0.15, 0.2) is 0 Å². The Morgan fingerprint density at radius 2 is 1.76 bits per heavy atom. The van der Waals surface area contributed by atoms with Crippen molar-refractivity contribution < 1.29 is 23.9 Å². The van der Waals surface area contributed by atoms with Crippen molar-refractivity contribution in [1.29, 1.82) is 0 Å². The molecule has 0 radical (unpaired) electrons. The molecule has 1 aromatic heterocycles. The Morgan fingerprint density at radius 3 is 2.39 bits per heavy atom. The number of aryl methyl sites for hydroxylation is 1. The van der Waals surface area contributed by atoms with E-state index in [1.54, 1.807) is 35.8 Å². The number of likely N-dealkylation sites (tertiary alicyclic amines) is 1. The van der Waals surface area contributed by atoms with Gasteiger partial charge in [0.1, 0.15) is 17.4 Å². The van der Waals surface area contributed by atoms with Crippen molar-refractivity contribution in [3.63, 3.8) is 0 Å². The summed E-state index contributed by atoms with van der Waals surface area (Å²) >= 11 is 0. The zero-order valence-electron chi connectivity index (χ0n) is 24.2. The van der Waals surface area contributed by atoms with Gasteiger partial charge in [-0.05, 0) is 62.9 Å². The highest BCUT2D eigenvalue weighted by Crippen LogP contribution is 2.33. The summed E-state index contributed by atoms with van der Waals surface area (Å²) in [5.41, 5.74) is 3.19. The maximum atomic E-state index is 13.7. The smallest absolute Gasteiger partial charge is 0.410 e. The van der Waals surface area contributed by atoms with Crippen LogP contribution in [0.15, 0.2) is 53.3 Å². The molecular weight excluding hydrogens is 524 g/mol. The Bertz CT molecular complexity index is 1590. The number of methoxy groups -OCH3 is 1. The van der Waals surface area contributed by atoms with Crippen molar-refractivity contribution in [2.75, 3.05) is 20.2 Å². The molecule has 5 rings (SSSR count). The third kappa shape index (κ3) is 5.51. The minimum Gasteiger partial charge on any atom is -0.497 e. The summed E-state index contributed by atoms with van der Waals surface area (Å²) < 4.78 is 13.8. The average molecular weight is 561 g/mol. The number of rotatable bonds is 5. The number of carbonyl (C=O) groups is 3. The molecule has 1 unspecified atom stereocenters. The normalized spacial score (nSPS) is 18.1. The summed E-state index contributed by atoms with van der Waals surface area (Å²) in [4.78, 5) is 55.6. The van der Waals surface area contributed by atoms with Gasteiger partial charge in [-0.2, -0.15) is 0 Å². The van der Waals surface area contributed by atoms with Crippen LogP contribution in [0.25, 0.3) is 16.6 Å². The lowest BCUT2D eigenvalue weighted by atomic mass is 9.97. The van der Waals surface area contributed by atoms with Crippen LogP contribution in [0.3, 0.4) is 0 Å². The van der Waals surface area contributed by atoms with E-state index in [-0.39, 0.29) is 43.0 Å². The second-order valence-electron chi connectivity index (χ2n) is 11.5. The molecule has 0 N–H and O–H groups in total. The number of piperidine rings is 1. The van der Waals surface area contributed by atoms with Gasteiger partial charge in [0.25, 0.3) is 5.91 Å². The lowest BCUT2D eigenvalue weighted by Crippen LogP contribution is -2.47. The van der Waals surface area contributed by atoms with E-state index in [2.05, 4.69) is 0 Å². The summed E-state index contributed by atoms with van der Waals surface area (Å²) in [7, 11) is 3.28. The Labute approximate surface area is 238 Å². The largest absolute Gasteiger partial charge is 0.497 e. The number of nitrogens with zero attached hydrogens (tertiary/aromatic N) is 4. The minimum absolute atomic E-state index is 0.129. The first-order chi connectivity index (χ1) is 19.5. The Kier molecular flexibility index (Phi) is 7.50. The fourth-order valence-corrected chi connectivity index (χ4v) is 5.55.